The summed E-state index contributed by atoms with van der Waals surface area (Å²) in [6, 6.07) is 5.64. The van der Waals surface area contributed by atoms with E-state index in [0.29, 0.717) is 6.04 Å². The minimum absolute atomic E-state index is 0.118. The van der Waals surface area contributed by atoms with Gasteiger partial charge in [-0.3, -0.25) is 0 Å². The van der Waals surface area contributed by atoms with Crippen LogP contribution >= 0.6 is 0 Å². The molecule has 1 saturated heterocycles. The Bertz CT molecular complexity index is 458. The lowest BCUT2D eigenvalue weighted by molar-refractivity contribution is 0.361. The number of rotatable bonds is 2. The van der Waals surface area contributed by atoms with Crippen molar-refractivity contribution in [3.8, 4) is 0 Å². The minimum atomic E-state index is -0.184. The van der Waals surface area contributed by atoms with Gasteiger partial charge < -0.3 is 10.6 Å². The molecule has 2 nitrogen and oxygen atoms in total. The first-order chi connectivity index (χ1) is 9.16. The van der Waals surface area contributed by atoms with E-state index in [0.717, 1.165) is 23.7 Å². The van der Waals surface area contributed by atoms with Crippen molar-refractivity contribution in [1.29, 1.82) is 0 Å². The number of fused-ring (bicyclic) bond motifs is 1. The molecule has 3 heteroatoms. The summed E-state index contributed by atoms with van der Waals surface area (Å²) < 4.78 is 13.5. The normalized spacial score (nSPS) is 28.3. The predicted molar refractivity (Wildman–Crippen MR) is 76.7 cm³/mol. The van der Waals surface area contributed by atoms with Gasteiger partial charge in [0.1, 0.15) is 5.82 Å². The highest BCUT2D eigenvalue weighted by molar-refractivity contribution is 5.56. The van der Waals surface area contributed by atoms with Crippen molar-refractivity contribution in [3.63, 3.8) is 0 Å². The Morgan fingerprint density at radius 1 is 1.26 bits per heavy atom. The van der Waals surface area contributed by atoms with Crippen LogP contribution in [0.25, 0.3) is 0 Å². The van der Waals surface area contributed by atoms with Gasteiger partial charge in [-0.2, -0.15) is 0 Å². The highest BCUT2D eigenvalue weighted by Gasteiger charge is 2.35. The van der Waals surface area contributed by atoms with Gasteiger partial charge in [0.25, 0.3) is 0 Å². The van der Waals surface area contributed by atoms with Crippen LogP contribution in [0.15, 0.2) is 18.2 Å². The van der Waals surface area contributed by atoms with Gasteiger partial charge in [0.2, 0.25) is 0 Å². The molecule has 0 aromatic heterocycles. The van der Waals surface area contributed by atoms with Crippen LogP contribution < -0.4 is 10.6 Å². The molecule has 2 N–H and O–H groups in total. The largest absolute Gasteiger partial charge is 0.368 e. The number of nitrogens with two attached hydrogens (primary N) is 1. The van der Waals surface area contributed by atoms with Crippen LogP contribution in [0.4, 0.5) is 10.1 Å². The molecule has 0 radical (unpaired) electrons. The van der Waals surface area contributed by atoms with Gasteiger partial charge >= 0.3 is 0 Å². The molecule has 19 heavy (non-hydrogen) atoms. The fourth-order valence-corrected chi connectivity index (χ4v) is 3.90. The molecule has 2 fully saturated rings. The Kier molecular flexibility index (Phi) is 3.48. The fraction of sp³-hybridized carbons (Fsp3) is 0.625. The van der Waals surface area contributed by atoms with Crippen molar-refractivity contribution in [1.82, 2.24) is 0 Å². The fourth-order valence-electron chi connectivity index (χ4n) is 3.90. The van der Waals surface area contributed by atoms with E-state index in [2.05, 4.69) is 4.90 Å². The van der Waals surface area contributed by atoms with Crippen LogP contribution in [0.2, 0.25) is 0 Å². The average molecular weight is 262 g/mol. The monoisotopic (exact) mass is 262 g/mol. The van der Waals surface area contributed by atoms with Crippen LogP contribution in [0.5, 0.6) is 0 Å². The summed E-state index contributed by atoms with van der Waals surface area (Å²) in [6.45, 7) is 3.03. The van der Waals surface area contributed by atoms with Gasteiger partial charge in [0.15, 0.2) is 0 Å². The van der Waals surface area contributed by atoms with Crippen molar-refractivity contribution in [2.75, 3.05) is 11.4 Å². The van der Waals surface area contributed by atoms with E-state index < -0.39 is 0 Å². The molecule has 1 aliphatic carbocycles. The van der Waals surface area contributed by atoms with E-state index in [1.54, 1.807) is 12.1 Å². The summed E-state index contributed by atoms with van der Waals surface area (Å²) >= 11 is 0. The van der Waals surface area contributed by atoms with Gasteiger partial charge in [-0.05, 0) is 62.3 Å². The van der Waals surface area contributed by atoms with Gasteiger partial charge in [-0.15, -0.1) is 0 Å². The first kappa shape index (κ1) is 12.9. The standard InChI is InChI=1S/C16H23FN2/c1-11(18)14-10-13(17)7-8-16(14)19-9-3-5-12-4-2-6-15(12)19/h7-8,10-12,15H,2-6,9,18H2,1H3/t11-,12?,15?/m0/s1. The topological polar surface area (TPSA) is 29.3 Å². The Labute approximate surface area is 114 Å². The first-order valence-electron chi connectivity index (χ1n) is 7.48. The summed E-state index contributed by atoms with van der Waals surface area (Å²) in [4.78, 5) is 2.50. The molecule has 2 unspecified atom stereocenters. The van der Waals surface area contributed by atoms with Crippen LogP contribution in [-0.2, 0) is 0 Å². The molecule has 104 valence electrons. The van der Waals surface area contributed by atoms with Crippen molar-refractivity contribution < 1.29 is 4.39 Å². The van der Waals surface area contributed by atoms with Crippen molar-refractivity contribution in [2.24, 2.45) is 11.7 Å². The second kappa shape index (κ2) is 5.12. The molecular formula is C16H23FN2. The third-order valence-electron chi connectivity index (χ3n) is 4.78. The zero-order valence-electron chi connectivity index (χ0n) is 11.6. The predicted octanol–water partition coefficient (Wildman–Crippen LogP) is 3.61. The SMILES string of the molecule is C[C@H](N)c1cc(F)ccc1N1CCCC2CCCC21. The molecular weight excluding hydrogens is 239 g/mol. The lowest BCUT2D eigenvalue weighted by Crippen LogP contribution is -2.43. The second-order valence-electron chi connectivity index (χ2n) is 6.09. The van der Waals surface area contributed by atoms with Crippen molar-refractivity contribution >= 4 is 5.69 Å². The molecule has 1 saturated carbocycles. The van der Waals surface area contributed by atoms with E-state index in [1.807, 2.05) is 13.0 Å². The first-order valence-corrected chi connectivity index (χ1v) is 7.48. The third-order valence-corrected chi connectivity index (χ3v) is 4.78. The van der Waals surface area contributed by atoms with E-state index in [4.69, 9.17) is 5.73 Å². The van der Waals surface area contributed by atoms with Crippen LogP contribution in [-0.4, -0.2) is 12.6 Å². The van der Waals surface area contributed by atoms with Gasteiger partial charge in [0, 0.05) is 24.3 Å². The van der Waals surface area contributed by atoms with Crippen molar-refractivity contribution in [3.05, 3.63) is 29.6 Å². The number of anilines is 1. The number of piperidine rings is 1. The third kappa shape index (κ3) is 2.36. The van der Waals surface area contributed by atoms with E-state index in [9.17, 15) is 4.39 Å². The molecule has 1 heterocycles. The quantitative estimate of drug-likeness (QED) is 0.882. The van der Waals surface area contributed by atoms with E-state index >= 15 is 0 Å². The number of halogens is 1. The summed E-state index contributed by atoms with van der Waals surface area (Å²) in [5.74, 6) is 0.649. The maximum Gasteiger partial charge on any atom is 0.123 e. The number of nitrogens with zero attached hydrogens (tertiary/aromatic N) is 1. The van der Waals surface area contributed by atoms with Crippen LogP contribution in [0, 0.1) is 11.7 Å². The van der Waals surface area contributed by atoms with Gasteiger partial charge in [-0.1, -0.05) is 6.42 Å². The van der Waals surface area contributed by atoms with Gasteiger partial charge in [0.05, 0.1) is 0 Å². The maximum absolute atomic E-state index is 13.5. The number of hydrogen-bond donors (Lipinski definition) is 1. The smallest absolute Gasteiger partial charge is 0.123 e. The molecule has 2 aliphatic rings. The minimum Gasteiger partial charge on any atom is -0.368 e. The molecule has 0 bridgehead atoms. The van der Waals surface area contributed by atoms with Crippen molar-refractivity contribution in [2.45, 2.75) is 51.1 Å². The summed E-state index contributed by atoms with van der Waals surface area (Å²) in [5, 5.41) is 0. The molecule has 1 aliphatic heterocycles. The zero-order chi connectivity index (χ0) is 13.4. The Morgan fingerprint density at radius 3 is 2.84 bits per heavy atom. The Hall–Kier alpha value is -1.09. The summed E-state index contributed by atoms with van der Waals surface area (Å²) in [7, 11) is 0. The van der Waals surface area contributed by atoms with Crippen LogP contribution in [0.3, 0.4) is 0 Å². The Balaban J connectivity index is 1.96. The van der Waals surface area contributed by atoms with E-state index in [-0.39, 0.29) is 11.9 Å². The lowest BCUT2D eigenvalue weighted by atomic mass is 9.90. The van der Waals surface area contributed by atoms with Crippen LogP contribution in [0.1, 0.15) is 50.6 Å². The number of benzene rings is 1. The highest BCUT2D eigenvalue weighted by atomic mass is 19.1. The maximum atomic E-state index is 13.5. The average Bonchev–Trinajstić information content (AvgIpc) is 2.86. The lowest BCUT2D eigenvalue weighted by Gasteiger charge is -2.41. The van der Waals surface area contributed by atoms with E-state index in [1.165, 1.54) is 32.1 Å². The molecule has 1 aromatic rings. The summed E-state index contributed by atoms with van der Waals surface area (Å²) in [6.07, 6.45) is 6.57. The zero-order valence-corrected chi connectivity index (χ0v) is 11.6. The molecule has 3 atom stereocenters. The highest BCUT2D eigenvalue weighted by Crippen LogP contribution is 2.40. The number of hydrogen-bond acceptors (Lipinski definition) is 2. The molecule has 0 amide bonds. The summed E-state index contributed by atoms with van der Waals surface area (Å²) in [5.41, 5.74) is 8.15. The molecule has 3 rings (SSSR count). The van der Waals surface area contributed by atoms with Gasteiger partial charge in [-0.25, -0.2) is 4.39 Å². The molecule has 1 aromatic carbocycles. The molecule has 0 spiro atoms. The Morgan fingerprint density at radius 2 is 2.05 bits per heavy atom. The second-order valence-corrected chi connectivity index (χ2v) is 6.09.